The van der Waals surface area contributed by atoms with E-state index in [1.807, 2.05) is 0 Å². The normalized spacial score (nSPS) is 9.73. The van der Waals surface area contributed by atoms with Crippen molar-refractivity contribution in [2.45, 2.75) is 19.8 Å². The average Bonchev–Trinajstić information content (AvgIpc) is 2.26. The highest BCUT2D eigenvalue weighted by molar-refractivity contribution is 5.69. The summed E-state index contributed by atoms with van der Waals surface area (Å²) < 4.78 is 4.48. The molecule has 0 spiro atoms. The van der Waals surface area contributed by atoms with Crippen LogP contribution in [0.15, 0.2) is 6.58 Å². The summed E-state index contributed by atoms with van der Waals surface area (Å²) in [6, 6.07) is 0. The summed E-state index contributed by atoms with van der Waals surface area (Å²) in [7, 11) is 1.34. The van der Waals surface area contributed by atoms with E-state index in [0.717, 1.165) is 0 Å². The minimum absolute atomic E-state index is 0.228. The summed E-state index contributed by atoms with van der Waals surface area (Å²) in [5.74, 6) is 0.532. The zero-order chi connectivity index (χ0) is 11.3. The van der Waals surface area contributed by atoms with Crippen LogP contribution in [0.25, 0.3) is 5.57 Å². The molecule has 1 rings (SSSR count). The van der Waals surface area contributed by atoms with Crippen molar-refractivity contribution in [3.8, 4) is 0 Å². The fourth-order valence-electron chi connectivity index (χ4n) is 0.837. The summed E-state index contributed by atoms with van der Waals surface area (Å²) in [5.41, 5.74) is 0.703. The molecule has 0 N–H and O–H groups in total. The third kappa shape index (κ3) is 3.41. The first-order valence-corrected chi connectivity index (χ1v) is 4.42. The number of hydrogen-bond acceptors (Lipinski definition) is 6. The van der Waals surface area contributed by atoms with Crippen LogP contribution in [0.5, 0.6) is 0 Å². The lowest BCUT2D eigenvalue weighted by Crippen LogP contribution is -2.08. The molecule has 0 aliphatic carbocycles. The van der Waals surface area contributed by atoms with Gasteiger partial charge in [-0.2, -0.15) is 0 Å². The summed E-state index contributed by atoms with van der Waals surface area (Å²) in [6.45, 7) is 5.43. The van der Waals surface area contributed by atoms with E-state index >= 15 is 0 Å². The molecular weight excluding hydrogens is 196 g/mol. The third-order valence-corrected chi connectivity index (χ3v) is 1.68. The molecule has 1 aromatic rings. The highest BCUT2D eigenvalue weighted by Crippen LogP contribution is 2.01. The zero-order valence-corrected chi connectivity index (χ0v) is 8.73. The lowest BCUT2D eigenvalue weighted by molar-refractivity contribution is -0.140. The molecule has 0 aliphatic heterocycles. The van der Waals surface area contributed by atoms with E-state index in [0.29, 0.717) is 23.6 Å². The molecule has 1 aromatic heterocycles. The van der Waals surface area contributed by atoms with Crippen molar-refractivity contribution in [2.75, 3.05) is 7.11 Å². The number of carbonyl (C=O) groups is 1. The Hall–Kier alpha value is -1.85. The van der Waals surface area contributed by atoms with E-state index in [1.165, 1.54) is 7.11 Å². The number of esters is 1. The Morgan fingerprint density at radius 3 is 2.40 bits per heavy atom. The highest BCUT2D eigenvalue weighted by Gasteiger charge is 2.05. The van der Waals surface area contributed by atoms with E-state index < -0.39 is 0 Å². The van der Waals surface area contributed by atoms with Gasteiger partial charge >= 0.3 is 5.97 Å². The second-order valence-corrected chi connectivity index (χ2v) is 3.00. The second-order valence-electron chi connectivity index (χ2n) is 3.00. The SMILES string of the molecule is C=C(C)c1nnc(CCC(=O)OC)nn1. The van der Waals surface area contributed by atoms with Gasteiger partial charge in [0, 0.05) is 6.42 Å². The van der Waals surface area contributed by atoms with Gasteiger partial charge in [0.25, 0.3) is 0 Å². The van der Waals surface area contributed by atoms with Gasteiger partial charge in [-0.3, -0.25) is 4.79 Å². The van der Waals surface area contributed by atoms with Crippen LogP contribution in [0.2, 0.25) is 0 Å². The number of aryl methyl sites for hydroxylation is 1. The van der Waals surface area contributed by atoms with Crippen LogP contribution in [0.1, 0.15) is 25.0 Å². The van der Waals surface area contributed by atoms with Crippen molar-refractivity contribution in [3.63, 3.8) is 0 Å². The minimum Gasteiger partial charge on any atom is -0.469 e. The molecule has 0 atom stereocenters. The van der Waals surface area contributed by atoms with Crippen molar-refractivity contribution in [3.05, 3.63) is 18.2 Å². The van der Waals surface area contributed by atoms with Gasteiger partial charge in [0.1, 0.15) is 0 Å². The van der Waals surface area contributed by atoms with Crippen LogP contribution in [-0.2, 0) is 16.0 Å². The molecule has 0 fully saturated rings. The first-order valence-electron chi connectivity index (χ1n) is 4.42. The van der Waals surface area contributed by atoms with E-state index in [-0.39, 0.29) is 12.4 Å². The van der Waals surface area contributed by atoms with Crippen LogP contribution in [-0.4, -0.2) is 33.5 Å². The Kier molecular flexibility index (Phi) is 3.84. The van der Waals surface area contributed by atoms with Crippen molar-refractivity contribution in [1.82, 2.24) is 20.4 Å². The fourth-order valence-corrected chi connectivity index (χ4v) is 0.837. The van der Waals surface area contributed by atoms with Gasteiger partial charge in [0.15, 0.2) is 11.6 Å². The number of ether oxygens (including phenoxy) is 1. The van der Waals surface area contributed by atoms with Gasteiger partial charge in [-0.15, -0.1) is 20.4 Å². The first kappa shape index (κ1) is 11.2. The second kappa shape index (κ2) is 5.14. The molecule has 0 amide bonds. The van der Waals surface area contributed by atoms with Crippen LogP contribution >= 0.6 is 0 Å². The molecule has 15 heavy (non-hydrogen) atoms. The van der Waals surface area contributed by atoms with Gasteiger partial charge in [0.2, 0.25) is 0 Å². The van der Waals surface area contributed by atoms with Crippen LogP contribution < -0.4 is 0 Å². The quantitative estimate of drug-likeness (QED) is 0.667. The molecule has 80 valence electrons. The number of hydrogen-bond donors (Lipinski definition) is 0. The molecule has 0 radical (unpaired) electrons. The van der Waals surface area contributed by atoms with Crippen LogP contribution in [0, 0.1) is 0 Å². The largest absolute Gasteiger partial charge is 0.469 e. The molecule has 6 nitrogen and oxygen atoms in total. The van der Waals surface area contributed by atoms with E-state index in [2.05, 4.69) is 31.7 Å². The number of carbonyl (C=O) groups excluding carboxylic acids is 1. The van der Waals surface area contributed by atoms with E-state index in [9.17, 15) is 4.79 Å². The molecule has 0 saturated carbocycles. The standard InChI is InChI=1S/C9H12N4O2/c1-6(2)9-12-10-7(11-13-9)4-5-8(14)15-3/h1,4-5H2,2-3H3. The summed E-state index contributed by atoms with van der Waals surface area (Å²) >= 11 is 0. The highest BCUT2D eigenvalue weighted by atomic mass is 16.5. The molecule has 1 heterocycles. The van der Waals surface area contributed by atoms with Gasteiger partial charge in [-0.25, -0.2) is 0 Å². The first-order chi connectivity index (χ1) is 7.13. The number of nitrogens with zero attached hydrogens (tertiary/aromatic N) is 4. The fraction of sp³-hybridized carbons (Fsp3) is 0.444. The molecule has 0 aliphatic rings. The molecule has 6 heteroatoms. The predicted octanol–water partition coefficient (Wildman–Crippen LogP) is 0.405. The van der Waals surface area contributed by atoms with Crippen LogP contribution in [0.4, 0.5) is 0 Å². The number of methoxy groups -OCH3 is 1. The maximum Gasteiger partial charge on any atom is 0.305 e. The van der Waals surface area contributed by atoms with Gasteiger partial charge in [0.05, 0.1) is 13.5 Å². The minimum atomic E-state index is -0.303. The maximum atomic E-state index is 10.8. The summed E-state index contributed by atoms with van der Waals surface area (Å²) in [4.78, 5) is 10.8. The molecular formula is C9H12N4O2. The van der Waals surface area contributed by atoms with Gasteiger partial charge in [-0.05, 0) is 12.5 Å². The molecule has 0 unspecified atom stereocenters. The Morgan fingerprint density at radius 1 is 1.33 bits per heavy atom. The van der Waals surface area contributed by atoms with Gasteiger partial charge in [-0.1, -0.05) is 6.58 Å². The van der Waals surface area contributed by atoms with Crippen LogP contribution in [0.3, 0.4) is 0 Å². The van der Waals surface area contributed by atoms with E-state index in [4.69, 9.17) is 0 Å². The van der Waals surface area contributed by atoms with Crippen molar-refractivity contribution in [1.29, 1.82) is 0 Å². The smallest absolute Gasteiger partial charge is 0.305 e. The molecule has 0 aromatic carbocycles. The lowest BCUT2D eigenvalue weighted by atomic mass is 10.3. The van der Waals surface area contributed by atoms with Crippen molar-refractivity contribution < 1.29 is 9.53 Å². The van der Waals surface area contributed by atoms with Crippen molar-refractivity contribution in [2.24, 2.45) is 0 Å². The predicted molar refractivity (Wildman–Crippen MR) is 52.7 cm³/mol. The lowest BCUT2D eigenvalue weighted by Gasteiger charge is -1.98. The molecule has 0 saturated heterocycles. The average molecular weight is 208 g/mol. The maximum absolute atomic E-state index is 10.8. The van der Waals surface area contributed by atoms with Gasteiger partial charge < -0.3 is 4.74 Å². The Bertz CT molecular complexity index is 361. The number of rotatable bonds is 4. The topological polar surface area (TPSA) is 77.9 Å². The Balaban J connectivity index is 2.57. The molecule has 0 bridgehead atoms. The Labute approximate surface area is 87.4 Å². The van der Waals surface area contributed by atoms with Crippen molar-refractivity contribution >= 4 is 11.5 Å². The zero-order valence-electron chi connectivity index (χ0n) is 8.73. The number of aromatic nitrogens is 4. The Morgan fingerprint density at radius 2 is 1.93 bits per heavy atom. The summed E-state index contributed by atoms with van der Waals surface area (Å²) in [6.07, 6.45) is 0.607. The van der Waals surface area contributed by atoms with E-state index in [1.54, 1.807) is 6.92 Å². The third-order valence-electron chi connectivity index (χ3n) is 1.68. The number of allylic oxidation sites excluding steroid dienone is 1. The monoisotopic (exact) mass is 208 g/mol. The summed E-state index contributed by atoms with van der Waals surface area (Å²) in [5, 5.41) is 15.2.